The maximum absolute atomic E-state index is 10.4. The fraction of sp³-hybridized carbons (Fsp3) is 0.125. The van der Waals surface area contributed by atoms with Crippen LogP contribution >= 0.6 is 23.1 Å². The number of nitriles is 1. The molecule has 0 bridgehead atoms. The van der Waals surface area contributed by atoms with Crippen molar-refractivity contribution in [3.63, 3.8) is 0 Å². The summed E-state index contributed by atoms with van der Waals surface area (Å²) in [5.41, 5.74) is 0.400. The standard InChI is InChI=1S/C8H5N3O2S2/c9-3-5-7(15-4-6(12)13)10-8-11(5)1-2-14-8/h1-2H,4H2,(H,12,13). The predicted octanol–water partition coefficient (Wildman–Crippen LogP) is 1.44. The summed E-state index contributed by atoms with van der Waals surface area (Å²) < 4.78 is 1.66. The van der Waals surface area contributed by atoms with Crippen LogP contribution in [-0.2, 0) is 4.79 Å². The minimum absolute atomic E-state index is 0.0838. The highest BCUT2D eigenvalue weighted by Gasteiger charge is 2.13. The van der Waals surface area contributed by atoms with E-state index in [2.05, 4.69) is 4.98 Å². The van der Waals surface area contributed by atoms with Crippen molar-refractivity contribution in [1.82, 2.24) is 9.38 Å². The van der Waals surface area contributed by atoms with Crippen LogP contribution in [0.5, 0.6) is 0 Å². The summed E-state index contributed by atoms with van der Waals surface area (Å²) >= 11 is 2.47. The third-order valence-corrected chi connectivity index (χ3v) is 3.37. The van der Waals surface area contributed by atoms with Gasteiger partial charge in [-0.3, -0.25) is 9.20 Å². The number of fused-ring (bicyclic) bond motifs is 1. The Morgan fingerprint density at radius 1 is 1.80 bits per heavy atom. The number of imidazole rings is 1. The number of aliphatic carboxylic acids is 1. The molecule has 0 amide bonds. The minimum Gasteiger partial charge on any atom is -0.481 e. The van der Waals surface area contributed by atoms with E-state index in [4.69, 9.17) is 10.4 Å². The van der Waals surface area contributed by atoms with Gasteiger partial charge >= 0.3 is 5.97 Å². The van der Waals surface area contributed by atoms with Gasteiger partial charge in [0, 0.05) is 11.6 Å². The number of carboxylic acids is 1. The topological polar surface area (TPSA) is 78.4 Å². The summed E-state index contributed by atoms with van der Waals surface area (Å²) in [4.78, 5) is 15.3. The Labute approximate surface area is 93.0 Å². The molecule has 5 nitrogen and oxygen atoms in total. The van der Waals surface area contributed by atoms with Crippen LogP contribution in [0.3, 0.4) is 0 Å². The van der Waals surface area contributed by atoms with Gasteiger partial charge in [-0.2, -0.15) is 5.26 Å². The molecule has 0 spiro atoms. The van der Waals surface area contributed by atoms with Gasteiger partial charge < -0.3 is 5.11 Å². The zero-order valence-corrected chi connectivity index (χ0v) is 9.01. The molecule has 0 radical (unpaired) electrons. The van der Waals surface area contributed by atoms with E-state index in [1.165, 1.54) is 11.3 Å². The molecule has 0 saturated carbocycles. The SMILES string of the molecule is N#Cc1c(SCC(=O)O)nc2sccn12. The quantitative estimate of drug-likeness (QED) is 0.820. The molecule has 76 valence electrons. The molecule has 0 aliphatic rings. The average molecular weight is 239 g/mol. The normalized spacial score (nSPS) is 10.3. The third kappa shape index (κ3) is 1.82. The van der Waals surface area contributed by atoms with Crippen molar-refractivity contribution in [2.75, 3.05) is 5.75 Å². The molecular formula is C8H5N3O2S2. The van der Waals surface area contributed by atoms with Crippen LogP contribution < -0.4 is 0 Å². The maximum Gasteiger partial charge on any atom is 0.313 e. The summed E-state index contributed by atoms with van der Waals surface area (Å²) in [5, 5.41) is 19.8. The van der Waals surface area contributed by atoms with Crippen molar-refractivity contribution < 1.29 is 9.90 Å². The summed E-state index contributed by atoms with van der Waals surface area (Å²) in [6, 6.07) is 2.02. The predicted molar refractivity (Wildman–Crippen MR) is 56.1 cm³/mol. The monoisotopic (exact) mass is 239 g/mol. The van der Waals surface area contributed by atoms with Crippen LogP contribution in [0.25, 0.3) is 4.96 Å². The lowest BCUT2D eigenvalue weighted by Crippen LogP contribution is -1.98. The van der Waals surface area contributed by atoms with Crippen LogP contribution in [0, 0.1) is 11.3 Å². The Morgan fingerprint density at radius 3 is 3.27 bits per heavy atom. The number of carboxylic acid groups (broad SMARTS) is 1. The molecule has 2 heterocycles. The van der Waals surface area contributed by atoms with E-state index < -0.39 is 5.97 Å². The van der Waals surface area contributed by atoms with Crippen LogP contribution in [-0.4, -0.2) is 26.2 Å². The van der Waals surface area contributed by atoms with Gasteiger partial charge in [-0.05, 0) is 0 Å². The van der Waals surface area contributed by atoms with Gasteiger partial charge in [-0.15, -0.1) is 11.3 Å². The molecule has 0 fully saturated rings. The molecule has 0 aliphatic heterocycles. The second-order valence-corrected chi connectivity index (χ2v) is 4.45. The highest BCUT2D eigenvalue weighted by Crippen LogP contribution is 2.24. The van der Waals surface area contributed by atoms with Gasteiger partial charge in [-0.25, -0.2) is 4.98 Å². The van der Waals surface area contributed by atoms with E-state index in [9.17, 15) is 4.79 Å². The second kappa shape index (κ2) is 3.92. The number of thioether (sulfide) groups is 1. The van der Waals surface area contributed by atoms with Crippen LogP contribution in [0.1, 0.15) is 5.69 Å². The number of thiazole rings is 1. The number of hydrogen-bond donors (Lipinski definition) is 1. The number of hydrogen-bond acceptors (Lipinski definition) is 5. The first-order valence-electron chi connectivity index (χ1n) is 3.92. The molecule has 1 N–H and O–H groups in total. The highest BCUT2D eigenvalue weighted by molar-refractivity contribution is 7.99. The van der Waals surface area contributed by atoms with Gasteiger partial charge in [0.1, 0.15) is 11.1 Å². The van der Waals surface area contributed by atoms with E-state index in [0.717, 1.165) is 11.8 Å². The van der Waals surface area contributed by atoms with Gasteiger partial charge in [-0.1, -0.05) is 11.8 Å². The first kappa shape index (κ1) is 10.0. The summed E-state index contributed by atoms with van der Waals surface area (Å²) in [7, 11) is 0. The Kier molecular flexibility index (Phi) is 2.62. The molecule has 2 aromatic rings. The lowest BCUT2D eigenvalue weighted by molar-refractivity contribution is -0.133. The van der Waals surface area contributed by atoms with Crippen LogP contribution in [0.15, 0.2) is 16.6 Å². The molecule has 2 aromatic heterocycles. The Morgan fingerprint density at radius 2 is 2.60 bits per heavy atom. The smallest absolute Gasteiger partial charge is 0.313 e. The van der Waals surface area contributed by atoms with Gasteiger partial charge in [0.15, 0.2) is 10.7 Å². The van der Waals surface area contributed by atoms with Crippen molar-refractivity contribution in [3.05, 3.63) is 17.3 Å². The first-order valence-corrected chi connectivity index (χ1v) is 5.79. The molecule has 0 saturated heterocycles. The molecule has 7 heteroatoms. The first-order chi connectivity index (χ1) is 7.22. The molecular weight excluding hydrogens is 234 g/mol. The molecule has 0 aliphatic carbocycles. The molecule has 0 aromatic carbocycles. The van der Waals surface area contributed by atoms with E-state index in [-0.39, 0.29) is 5.75 Å². The zero-order valence-electron chi connectivity index (χ0n) is 7.38. The molecule has 0 atom stereocenters. The van der Waals surface area contributed by atoms with E-state index in [1.807, 2.05) is 11.4 Å². The maximum atomic E-state index is 10.4. The minimum atomic E-state index is -0.916. The zero-order chi connectivity index (χ0) is 10.8. The Hall–Kier alpha value is -1.52. The summed E-state index contributed by atoms with van der Waals surface area (Å²) in [6.45, 7) is 0. The van der Waals surface area contributed by atoms with E-state index >= 15 is 0 Å². The van der Waals surface area contributed by atoms with Gasteiger partial charge in [0.05, 0.1) is 5.75 Å². The van der Waals surface area contributed by atoms with Gasteiger partial charge in [0.25, 0.3) is 0 Å². The number of aromatic nitrogens is 2. The largest absolute Gasteiger partial charge is 0.481 e. The second-order valence-electron chi connectivity index (χ2n) is 2.62. The third-order valence-electron chi connectivity index (χ3n) is 1.67. The summed E-state index contributed by atoms with van der Waals surface area (Å²) in [5.74, 6) is -1.00. The summed E-state index contributed by atoms with van der Waals surface area (Å²) in [6.07, 6.45) is 1.75. The van der Waals surface area contributed by atoms with Gasteiger partial charge in [0.2, 0.25) is 0 Å². The fourth-order valence-corrected chi connectivity index (χ4v) is 2.56. The Bertz CT molecular complexity index is 552. The van der Waals surface area contributed by atoms with Crippen molar-refractivity contribution >= 4 is 34.0 Å². The van der Waals surface area contributed by atoms with Crippen LogP contribution in [0.4, 0.5) is 0 Å². The lowest BCUT2D eigenvalue weighted by atomic mass is 10.5. The van der Waals surface area contributed by atoms with Crippen molar-refractivity contribution in [1.29, 1.82) is 5.26 Å². The van der Waals surface area contributed by atoms with Crippen molar-refractivity contribution in [2.24, 2.45) is 0 Å². The fourth-order valence-electron chi connectivity index (χ4n) is 1.10. The number of rotatable bonds is 3. The van der Waals surface area contributed by atoms with Crippen molar-refractivity contribution in [3.8, 4) is 6.07 Å². The lowest BCUT2D eigenvalue weighted by Gasteiger charge is -1.92. The molecule has 0 unspecified atom stereocenters. The van der Waals surface area contributed by atoms with E-state index in [0.29, 0.717) is 15.7 Å². The average Bonchev–Trinajstić information content (AvgIpc) is 2.72. The molecule has 15 heavy (non-hydrogen) atoms. The van der Waals surface area contributed by atoms with Crippen LogP contribution in [0.2, 0.25) is 0 Å². The van der Waals surface area contributed by atoms with Crippen molar-refractivity contribution in [2.45, 2.75) is 5.03 Å². The molecule has 2 rings (SSSR count). The Balaban J connectivity index is 2.38. The number of carbonyl (C=O) groups is 1. The highest BCUT2D eigenvalue weighted by atomic mass is 32.2. The number of nitrogens with zero attached hydrogens (tertiary/aromatic N) is 3. The van der Waals surface area contributed by atoms with E-state index in [1.54, 1.807) is 10.6 Å².